The van der Waals surface area contributed by atoms with Gasteiger partial charge in [0, 0.05) is 54.0 Å². The predicted octanol–water partition coefficient (Wildman–Crippen LogP) is 3.63. The molecule has 4 N–H and O–H groups in total. The summed E-state index contributed by atoms with van der Waals surface area (Å²) in [4.78, 5) is 28.7. The second-order valence-electron chi connectivity index (χ2n) is 8.96. The molecule has 11 heteroatoms. The van der Waals surface area contributed by atoms with E-state index >= 15 is 0 Å². The lowest BCUT2D eigenvalue weighted by molar-refractivity contribution is 0.0933. The number of carbonyl (C=O) groups excluding carboxylic acids is 1. The highest BCUT2D eigenvalue weighted by atomic mass is 35.5. The Kier molecular flexibility index (Phi) is 7.83. The van der Waals surface area contributed by atoms with Crippen molar-refractivity contribution >= 4 is 34.8 Å². The van der Waals surface area contributed by atoms with Crippen LogP contribution in [0.2, 0.25) is 5.02 Å². The summed E-state index contributed by atoms with van der Waals surface area (Å²) in [5.74, 6) is 0.710. The van der Waals surface area contributed by atoms with Crippen molar-refractivity contribution in [3.63, 3.8) is 0 Å². The Labute approximate surface area is 225 Å². The molecule has 5 rings (SSSR count). The Hall–Kier alpha value is -3.99. The maximum atomic E-state index is 12.9. The summed E-state index contributed by atoms with van der Waals surface area (Å²) in [6.45, 7) is 5.29. The molecule has 0 bridgehead atoms. The van der Waals surface area contributed by atoms with Crippen molar-refractivity contribution in [1.82, 2.24) is 24.8 Å². The minimum absolute atomic E-state index is 0.222. The van der Waals surface area contributed by atoms with Gasteiger partial charge in [-0.05, 0) is 42.8 Å². The molecule has 2 aromatic heterocycles. The topological polar surface area (TPSA) is 123 Å². The maximum absolute atomic E-state index is 12.9. The van der Waals surface area contributed by atoms with E-state index in [9.17, 15) is 4.79 Å². The highest BCUT2D eigenvalue weighted by molar-refractivity contribution is 6.30. The van der Waals surface area contributed by atoms with E-state index in [1.54, 1.807) is 35.4 Å². The Balaban J connectivity index is 1.31. The molecule has 4 aromatic rings. The molecule has 0 saturated carbocycles. The Morgan fingerprint density at radius 2 is 1.97 bits per heavy atom. The smallest absolute Gasteiger partial charge is 0.272 e. The number of carbonyl (C=O) groups is 1. The Morgan fingerprint density at radius 1 is 1.16 bits per heavy atom. The van der Waals surface area contributed by atoms with Crippen LogP contribution in [0.4, 0.5) is 17.3 Å². The number of aryl methyl sites for hydroxylation is 1. The van der Waals surface area contributed by atoms with Gasteiger partial charge in [-0.15, -0.1) is 0 Å². The number of aromatic nitrogens is 4. The fraction of sp³-hybridized carbons (Fsp3) is 0.259. The molecule has 0 radical (unpaired) electrons. The molecule has 2 aromatic carbocycles. The van der Waals surface area contributed by atoms with Crippen LogP contribution in [-0.2, 0) is 4.74 Å². The van der Waals surface area contributed by atoms with Crippen molar-refractivity contribution in [2.45, 2.75) is 13.0 Å². The largest absolute Gasteiger partial charge is 0.378 e. The van der Waals surface area contributed by atoms with Crippen LogP contribution in [0.5, 0.6) is 0 Å². The fourth-order valence-corrected chi connectivity index (χ4v) is 4.47. The van der Waals surface area contributed by atoms with Crippen LogP contribution in [0.1, 0.15) is 27.7 Å². The van der Waals surface area contributed by atoms with Gasteiger partial charge >= 0.3 is 0 Å². The zero-order chi connectivity index (χ0) is 26.5. The van der Waals surface area contributed by atoms with Crippen LogP contribution < -0.4 is 21.3 Å². The first kappa shape index (κ1) is 25.7. The summed E-state index contributed by atoms with van der Waals surface area (Å²) >= 11 is 6.10. The zero-order valence-corrected chi connectivity index (χ0v) is 21.7. The van der Waals surface area contributed by atoms with Gasteiger partial charge in [-0.25, -0.2) is 9.97 Å². The second kappa shape index (κ2) is 11.6. The molecule has 1 amide bonds. The Morgan fingerprint density at radius 3 is 2.76 bits per heavy atom. The minimum Gasteiger partial charge on any atom is -0.378 e. The number of rotatable bonds is 8. The van der Waals surface area contributed by atoms with Crippen LogP contribution in [0.15, 0.2) is 67.3 Å². The van der Waals surface area contributed by atoms with Gasteiger partial charge in [0.05, 0.1) is 19.3 Å². The molecule has 1 saturated heterocycles. The van der Waals surface area contributed by atoms with Crippen LogP contribution in [0.25, 0.3) is 5.82 Å². The Bertz CT molecular complexity index is 1420. The molecule has 1 fully saturated rings. The number of morpholine rings is 1. The summed E-state index contributed by atoms with van der Waals surface area (Å²) < 4.78 is 7.17. The van der Waals surface area contributed by atoms with Crippen molar-refractivity contribution in [3.05, 3.63) is 89.1 Å². The van der Waals surface area contributed by atoms with E-state index in [0.717, 1.165) is 48.8 Å². The highest BCUT2D eigenvalue weighted by Gasteiger charge is 2.18. The molecule has 3 heterocycles. The minimum atomic E-state index is -0.392. The van der Waals surface area contributed by atoms with Crippen LogP contribution in [0, 0.1) is 6.92 Å². The lowest BCUT2D eigenvalue weighted by atomic mass is 10.1. The standard InChI is InChI=1S/C27H29ClN8O2/c1-18-15-30-27(32-21-6-3-7-22(13-21)35-8-10-38-11-9-35)34-25(18)36-16-24(31-17-36)26(37)33-23(14-29)19-4-2-5-20(28)12-19/h2-7,12-13,15-17,23H,8-11,14,29H2,1H3,(H,33,37)(H,30,32,34). The van der Waals surface area contributed by atoms with Gasteiger partial charge in [-0.1, -0.05) is 29.8 Å². The van der Waals surface area contributed by atoms with Gasteiger partial charge < -0.3 is 26.0 Å². The summed E-state index contributed by atoms with van der Waals surface area (Å²) in [7, 11) is 0. The molecular formula is C27H29ClN8O2. The van der Waals surface area contributed by atoms with Crippen LogP contribution in [-0.4, -0.2) is 58.3 Å². The van der Waals surface area contributed by atoms with E-state index in [4.69, 9.17) is 22.1 Å². The summed E-state index contributed by atoms with van der Waals surface area (Å²) in [5, 5.41) is 6.80. The number of imidazole rings is 1. The molecule has 0 aliphatic carbocycles. The molecule has 196 valence electrons. The number of benzene rings is 2. The van der Waals surface area contributed by atoms with Crippen LogP contribution in [0.3, 0.4) is 0 Å². The van der Waals surface area contributed by atoms with E-state index in [0.29, 0.717) is 16.8 Å². The number of nitrogens with zero attached hydrogens (tertiary/aromatic N) is 5. The maximum Gasteiger partial charge on any atom is 0.272 e. The first-order valence-corrected chi connectivity index (χ1v) is 12.7. The normalized spacial score (nSPS) is 14.2. The number of hydrogen-bond donors (Lipinski definition) is 3. The molecular weight excluding hydrogens is 504 g/mol. The second-order valence-corrected chi connectivity index (χ2v) is 9.39. The average molecular weight is 533 g/mol. The van der Waals surface area contributed by atoms with Gasteiger partial charge in [0.1, 0.15) is 17.8 Å². The van der Waals surface area contributed by atoms with Crippen LogP contribution >= 0.6 is 11.6 Å². The third-order valence-corrected chi connectivity index (χ3v) is 6.51. The third kappa shape index (κ3) is 5.94. The van der Waals surface area contributed by atoms with E-state index < -0.39 is 6.04 Å². The van der Waals surface area contributed by atoms with Gasteiger partial charge in [-0.3, -0.25) is 9.36 Å². The highest BCUT2D eigenvalue weighted by Crippen LogP contribution is 2.23. The number of nitrogens with one attached hydrogen (secondary N) is 2. The zero-order valence-electron chi connectivity index (χ0n) is 21.0. The first-order chi connectivity index (χ1) is 18.5. The first-order valence-electron chi connectivity index (χ1n) is 12.3. The van der Waals surface area contributed by atoms with Crippen molar-refractivity contribution in [1.29, 1.82) is 0 Å². The molecule has 1 aliphatic heterocycles. The van der Waals surface area contributed by atoms with Gasteiger partial charge in [0.15, 0.2) is 0 Å². The molecule has 1 unspecified atom stereocenters. The number of amides is 1. The number of nitrogens with two attached hydrogens (primary N) is 1. The number of anilines is 3. The lowest BCUT2D eigenvalue weighted by Crippen LogP contribution is -2.36. The molecule has 1 aliphatic rings. The van der Waals surface area contributed by atoms with Gasteiger partial charge in [-0.2, -0.15) is 4.98 Å². The summed E-state index contributed by atoms with van der Waals surface area (Å²) in [6.07, 6.45) is 4.93. The molecule has 38 heavy (non-hydrogen) atoms. The van der Waals surface area contributed by atoms with Crippen molar-refractivity contribution in [3.8, 4) is 5.82 Å². The summed E-state index contributed by atoms with van der Waals surface area (Å²) in [5.41, 5.74) is 9.81. The number of hydrogen-bond acceptors (Lipinski definition) is 8. The van der Waals surface area contributed by atoms with Crippen molar-refractivity contribution in [2.24, 2.45) is 5.73 Å². The van der Waals surface area contributed by atoms with Gasteiger partial charge in [0.2, 0.25) is 5.95 Å². The molecule has 0 spiro atoms. The van der Waals surface area contributed by atoms with Gasteiger partial charge in [0.25, 0.3) is 5.91 Å². The van der Waals surface area contributed by atoms with E-state index in [1.807, 2.05) is 31.2 Å². The summed E-state index contributed by atoms with van der Waals surface area (Å²) in [6, 6.07) is 15.0. The fourth-order valence-electron chi connectivity index (χ4n) is 4.28. The quantitative estimate of drug-likeness (QED) is 0.314. The van der Waals surface area contributed by atoms with E-state index in [-0.39, 0.29) is 18.1 Å². The van der Waals surface area contributed by atoms with E-state index in [2.05, 4.69) is 42.6 Å². The van der Waals surface area contributed by atoms with E-state index in [1.165, 1.54) is 0 Å². The van der Waals surface area contributed by atoms with Crippen molar-refractivity contribution in [2.75, 3.05) is 43.1 Å². The molecule has 10 nitrogen and oxygen atoms in total. The number of ether oxygens (including phenoxy) is 1. The predicted molar refractivity (Wildman–Crippen MR) is 147 cm³/mol. The lowest BCUT2D eigenvalue weighted by Gasteiger charge is -2.29. The van der Waals surface area contributed by atoms with Crippen molar-refractivity contribution < 1.29 is 9.53 Å². The average Bonchev–Trinajstić information content (AvgIpc) is 3.44. The SMILES string of the molecule is Cc1cnc(Nc2cccc(N3CCOCC3)c2)nc1-n1cnc(C(=O)NC(CN)c2cccc(Cl)c2)c1. The monoisotopic (exact) mass is 532 g/mol. The third-order valence-electron chi connectivity index (χ3n) is 6.28. The number of halogens is 1. The molecule has 1 atom stereocenters.